The summed E-state index contributed by atoms with van der Waals surface area (Å²) in [6, 6.07) is 4.61. The lowest BCUT2D eigenvalue weighted by Gasteiger charge is -2.14. The largest absolute Gasteiger partial charge is 0.491 e. The Bertz CT molecular complexity index is 517. The Morgan fingerprint density at radius 1 is 1.30 bits per heavy atom. The molecule has 1 fully saturated rings. The molecule has 0 bridgehead atoms. The summed E-state index contributed by atoms with van der Waals surface area (Å²) in [6.45, 7) is 1.92. The molecule has 0 radical (unpaired) electrons. The van der Waals surface area contributed by atoms with E-state index in [1.54, 1.807) is 0 Å². The van der Waals surface area contributed by atoms with E-state index in [0.29, 0.717) is 25.7 Å². The first-order valence-electron chi connectivity index (χ1n) is 7.35. The van der Waals surface area contributed by atoms with Crippen molar-refractivity contribution in [1.29, 1.82) is 0 Å². The first-order valence-corrected chi connectivity index (χ1v) is 7.35. The Labute approximate surface area is 132 Å². The van der Waals surface area contributed by atoms with E-state index in [9.17, 15) is 18.0 Å². The monoisotopic (exact) mass is 332 g/mol. The highest BCUT2D eigenvalue weighted by Crippen LogP contribution is 2.35. The third-order valence-corrected chi connectivity index (χ3v) is 3.41. The van der Waals surface area contributed by atoms with E-state index in [2.05, 4.69) is 10.6 Å². The van der Waals surface area contributed by atoms with Gasteiger partial charge in [0, 0.05) is 19.1 Å². The molecule has 2 rings (SSSR count). The van der Waals surface area contributed by atoms with Gasteiger partial charge in [-0.1, -0.05) is 12.1 Å². The molecule has 0 spiro atoms. The van der Waals surface area contributed by atoms with Crippen molar-refractivity contribution in [2.24, 2.45) is 5.92 Å². The molecule has 1 aromatic carbocycles. The van der Waals surface area contributed by atoms with Crippen molar-refractivity contribution in [1.82, 2.24) is 10.6 Å². The predicted molar refractivity (Wildman–Crippen MR) is 77.3 cm³/mol. The van der Waals surface area contributed by atoms with Crippen molar-refractivity contribution < 1.29 is 27.4 Å². The lowest BCUT2D eigenvalue weighted by Crippen LogP contribution is -2.40. The number of urea groups is 1. The Balaban J connectivity index is 1.68. The normalized spacial score (nSPS) is 17.8. The highest BCUT2D eigenvalue weighted by atomic mass is 19.4. The van der Waals surface area contributed by atoms with Crippen LogP contribution < -0.4 is 15.4 Å². The van der Waals surface area contributed by atoms with Gasteiger partial charge in [-0.3, -0.25) is 0 Å². The number of hydrogen-bond donors (Lipinski definition) is 2. The zero-order chi connectivity index (χ0) is 16.7. The molecule has 0 aliphatic carbocycles. The van der Waals surface area contributed by atoms with Gasteiger partial charge < -0.3 is 20.1 Å². The van der Waals surface area contributed by atoms with E-state index in [-0.39, 0.29) is 24.9 Å². The summed E-state index contributed by atoms with van der Waals surface area (Å²) in [5.74, 6) is 0.0703. The number of hydrogen-bond acceptors (Lipinski definition) is 3. The number of rotatable bonds is 6. The Morgan fingerprint density at radius 3 is 2.78 bits per heavy atom. The molecule has 0 saturated carbocycles. The lowest BCUT2D eigenvalue weighted by atomic mass is 10.1. The molecule has 0 aromatic heterocycles. The molecule has 128 valence electrons. The van der Waals surface area contributed by atoms with Crippen LogP contribution in [0.4, 0.5) is 18.0 Å². The number of amides is 2. The molecule has 23 heavy (non-hydrogen) atoms. The van der Waals surface area contributed by atoms with Crippen molar-refractivity contribution in [2.45, 2.75) is 12.6 Å². The topological polar surface area (TPSA) is 59.6 Å². The van der Waals surface area contributed by atoms with E-state index in [1.165, 1.54) is 18.2 Å². The number of ether oxygens (including phenoxy) is 2. The Hall–Kier alpha value is -1.96. The van der Waals surface area contributed by atoms with Crippen LogP contribution in [0.3, 0.4) is 0 Å². The number of carbonyl (C=O) groups excluding carboxylic acids is 1. The zero-order valence-electron chi connectivity index (χ0n) is 12.5. The molecule has 1 saturated heterocycles. The minimum absolute atomic E-state index is 0.0486. The first kappa shape index (κ1) is 17.4. The molecule has 1 aliphatic rings. The maximum absolute atomic E-state index is 12.8. The third kappa shape index (κ3) is 5.63. The van der Waals surface area contributed by atoms with Gasteiger partial charge in [-0.15, -0.1) is 0 Å². The first-order chi connectivity index (χ1) is 11.0. The van der Waals surface area contributed by atoms with Crippen LogP contribution in [-0.4, -0.2) is 38.9 Å². The molecular weight excluding hydrogens is 313 g/mol. The summed E-state index contributed by atoms with van der Waals surface area (Å²) in [5.41, 5.74) is -0.828. The van der Waals surface area contributed by atoms with Gasteiger partial charge in [0.2, 0.25) is 0 Å². The fourth-order valence-corrected chi connectivity index (χ4v) is 2.20. The predicted octanol–water partition coefficient (Wildman–Crippen LogP) is 2.42. The van der Waals surface area contributed by atoms with Crippen molar-refractivity contribution >= 4 is 6.03 Å². The van der Waals surface area contributed by atoms with Gasteiger partial charge in [0.25, 0.3) is 0 Å². The second kappa shape index (κ2) is 8.05. The molecule has 1 heterocycles. The Morgan fingerprint density at radius 2 is 2.09 bits per heavy atom. The number of nitrogens with one attached hydrogen (secondary N) is 2. The fraction of sp³-hybridized carbons (Fsp3) is 0.533. The molecule has 0 unspecified atom stereocenters. The van der Waals surface area contributed by atoms with E-state index in [1.807, 2.05) is 0 Å². The van der Waals surface area contributed by atoms with Crippen LogP contribution in [0.15, 0.2) is 24.3 Å². The second-order valence-electron chi connectivity index (χ2n) is 5.21. The van der Waals surface area contributed by atoms with Crippen LogP contribution >= 0.6 is 0 Å². The van der Waals surface area contributed by atoms with E-state index in [0.717, 1.165) is 12.5 Å². The average Bonchev–Trinajstić information content (AvgIpc) is 3.02. The van der Waals surface area contributed by atoms with Crippen LogP contribution in [-0.2, 0) is 10.9 Å². The number of carbonyl (C=O) groups is 1. The van der Waals surface area contributed by atoms with Crippen LogP contribution in [0.5, 0.6) is 5.75 Å². The van der Waals surface area contributed by atoms with E-state index >= 15 is 0 Å². The maximum Gasteiger partial charge on any atom is 0.419 e. The number of benzene rings is 1. The summed E-state index contributed by atoms with van der Waals surface area (Å²) in [5, 5.41) is 5.23. The summed E-state index contributed by atoms with van der Waals surface area (Å²) in [4.78, 5) is 11.5. The van der Waals surface area contributed by atoms with Gasteiger partial charge in [0.05, 0.1) is 18.7 Å². The van der Waals surface area contributed by atoms with Crippen molar-refractivity contribution in [2.75, 3.05) is 32.9 Å². The second-order valence-corrected chi connectivity index (χ2v) is 5.21. The summed E-state index contributed by atoms with van der Waals surface area (Å²) in [6.07, 6.45) is -3.55. The minimum atomic E-state index is -4.47. The van der Waals surface area contributed by atoms with Gasteiger partial charge in [-0.05, 0) is 18.6 Å². The van der Waals surface area contributed by atoms with Gasteiger partial charge in [-0.25, -0.2) is 4.79 Å². The number of halogens is 3. The molecular formula is C15H19F3N2O3. The quantitative estimate of drug-likeness (QED) is 0.787. The number of para-hydroxylation sites is 1. The van der Waals surface area contributed by atoms with Crippen LogP contribution in [0, 0.1) is 5.92 Å². The lowest BCUT2D eigenvalue weighted by molar-refractivity contribution is -0.138. The molecule has 1 aliphatic heterocycles. The van der Waals surface area contributed by atoms with Gasteiger partial charge in [0.1, 0.15) is 12.4 Å². The smallest absolute Gasteiger partial charge is 0.419 e. The maximum atomic E-state index is 12.8. The van der Waals surface area contributed by atoms with Gasteiger partial charge >= 0.3 is 12.2 Å². The van der Waals surface area contributed by atoms with Crippen molar-refractivity contribution in [3.05, 3.63) is 29.8 Å². The highest BCUT2D eigenvalue weighted by Gasteiger charge is 2.33. The summed E-state index contributed by atoms with van der Waals surface area (Å²) < 4.78 is 48.6. The van der Waals surface area contributed by atoms with E-state index in [4.69, 9.17) is 9.47 Å². The molecule has 1 atom stereocenters. The third-order valence-electron chi connectivity index (χ3n) is 3.41. The summed E-state index contributed by atoms with van der Waals surface area (Å²) >= 11 is 0. The molecule has 2 N–H and O–H groups in total. The average molecular weight is 332 g/mol. The van der Waals surface area contributed by atoms with Crippen LogP contribution in [0.1, 0.15) is 12.0 Å². The van der Waals surface area contributed by atoms with E-state index < -0.39 is 11.7 Å². The molecule has 1 aromatic rings. The van der Waals surface area contributed by atoms with Crippen molar-refractivity contribution in [3.8, 4) is 5.75 Å². The minimum Gasteiger partial charge on any atom is -0.491 e. The zero-order valence-corrected chi connectivity index (χ0v) is 12.5. The van der Waals surface area contributed by atoms with Gasteiger partial charge in [0.15, 0.2) is 0 Å². The van der Waals surface area contributed by atoms with Crippen molar-refractivity contribution in [3.63, 3.8) is 0 Å². The standard InChI is InChI=1S/C15H19F3N2O3/c16-15(17,18)12-3-1-2-4-13(12)23-8-6-19-14(21)20-9-11-5-7-22-10-11/h1-4,11H,5-10H2,(H2,19,20,21)/t11-/m1/s1. The SMILES string of the molecule is O=C(NCCOc1ccccc1C(F)(F)F)NC[C@H]1CCOC1. The molecule has 2 amide bonds. The number of alkyl halides is 3. The molecule has 5 nitrogen and oxygen atoms in total. The van der Waals surface area contributed by atoms with Gasteiger partial charge in [-0.2, -0.15) is 13.2 Å². The molecule has 8 heteroatoms. The van der Waals surface area contributed by atoms with Crippen LogP contribution in [0.2, 0.25) is 0 Å². The van der Waals surface area contributed by atoms with Crippen LogP contribution in [0.25, 0.3) is 0 Å². The summed E-state index contributed by atoms with van der Waals surface area (Å²) in [7, 11) is 0. The highest BCUT2D eigenvalue weighted by molar-refractivity contribution is 5.73. The fourth-order valence-electron chi connectivity index (χ4n) is 2.20. The Kier molecular flexibility index (Phi) is 6.09.